The summed E-state index contributed by atoms with van der Waals surface area (Å²) in [5.74, 6) is 0.343. The summed E-state index contributed by atoms with van der Waals surface area (Å²) in [6, 6.07) is 19.6. The van der Waals surface area contributed by atoms with Crippen molar-refractivity contribution in [2.45, 2.75) is 44.3 Å². The Hall–Kier alpha value is -3.16. The summed E-state index contributed by atoms with van der Waals surface area (Å²) in [7, 11) is -2.32. The Labute approximate surface area is 195 Å². The van der Waals surface area contributed by atoms with Crippen molar-refractivity contribution in [1.29, 1.82) is 0 Å². The number of nitrogens with one attached hydrogen (secondary N) is 1. The van der Waals surface area contributed by atoms with Crippen molar-refractivity contribution in [2.75, 3.05) is 7.11 Å². The molecule has 0 saturated carbocycles. The first-order valence-electron chi connectivity index (χ1n) is 10.9. The number of hydrogen-bond donors (Lipinski definition) is 1. The van der Waals surface area contributed by atoms with E-state index in [1.54, 1.807) is 26.2 Å². The second-order valence-electron chi connectivity index (χ2n) is 8.34. The molecule has 1 atom stereocenters. The average Bonchev–Trinajstić information content (AvgIpc) is 2.83. The van der Waals surface area contributed by atoms with E-state index in [0.29, 0.717) is 17.7 Å². The third-order valence-corrected chi connectivity index (χ3v) is 8.08. The Balaban J connectivity index is 1.68. The maximum absolute atomic E-state index is 13.8. The lowest BCUT2D eigenvalue weighted by atomic mass is 9.95. The molecule has 0 fully saturated rings. The van der Waals surface area contributed by atoms with E-state index in [1.807, 2.05) is 61.5 Å². The van der Waals surface area contributed by atoms with Crippen molar-refractivity contribution in [3.05, 3.63) is 94.5 Å². The van der Waals surface area contributed by atoms with Gasteiger partial charge < -0.3 is 10.1 Å². The van der Waals surface area contributed by atoms with Crippen molar-refractivity contribution in [3.63, 3.8) is 0 Å². The average molecular weight is 465 g/mol. The molecular formula is C26H28N2O4S. The zero-order chi connectivity index (χ0) is 23.6. The number of para-hydroxylation sites is 1. The van der Waals surface area contributed by atoms with Gasteiger partial charge in [0, 0.05) is 18.7 Å². The highest BCUT2D eigenvalue weighted by atomic mass is 32.2. The van der Waals surface area contributed by atoms with Gasteiger partial charge in [0.25, 0.3) is 0 Å². The first-order valence-corrected chi connectivity index (χ1v) is 12.3. The van der Waals surface area contributed by atoms with Gasteiger partial charge in [-0.15, -0.1) is 0 Å². The number of aryl methyl sites for hydroxylation is 2. The van der Waals surface area contributed by atoms with Crippen LogP contribution in [0.15, 0.2) is 71.6 Å². The monoisotopic (exact) mass is 464 g/mol. The molecule has 6 nitrogen and oxygen atoms in total. The molecular weight excluding hydrogens is 436 g/mol. The van der Waals surface area contributed by atoms with Gasteiger partial charge in [-0.25, -0.2) is 8.42 Å². The summed E-state index contributed by atoms with van der Waals surface area (Å²) in [5, 5.41) is 2.93. The van der Waals surface area contributed by atoms with Crippen LogP contribution in [0.25, 0.3) is 0 Å². The highest BCUT2D eigenvalue weighted by molar-refractivity contribution is 7.89. The Bertz CT molecular complexity index is 1290. The summed E-state index contributed by atoms with van der Waals surface area (Å²) in [4.78, 5) is 13.6. The van der Waals surface area contributed by atoms with Crippen molar-refractivity contribution in [1.82, 2.24) is 9.62 Å². The quantitative estimate of drug-likeness (QED) is 0.603. The normalized spacial score (nSPS) is 16.2. The molecule has 172 valence electrons. The molecule has 1 aliphatic heterocycles. The van der Waals surface area contributed by atoms with Crippen molar-refractivity contribution in [3.8, 4) is 5.75 Å². The van der Waals surface area contributed by atoms with E-state index in [-0.39, 0.29) is 23.9 Å². The van der Waals surface area contributed by atoms with Gasteiger partial charge in [0.2, 0.25) is 15.9 Å². The molecule has 0 radical (unpaired) electrons. The summed E-state index contributed by atoms with van der Waals surface area (Å²) in [6.45, 7) is 4.04. The molecule has 0 spiro atoms. The third-order valence-electron chi connectivity index (χ3n) is 6.08. The zero-order valence-corrected chi connectivity index (χ0v) is 19.9. The Morgan fingerprint density at radius 3 is 2.48 bits per heavy atom. The van der Waals surface area contributed by atoms with Crippen LogP contribution in [0.3, 0.4) is 0 Å². The zero-order valence-electron chi connectivity index (χ0n) is 19.0. The standard InChI is InChI=1S/C26H28N2O4S/c1-18-12-13-19(2)25(14-18)33(30,31)28-17-22-10-5-4-8-20(22)15-23(28)26(29)27-16-21-9-6-7-11-24(21)32-3/h4-14,23H,15-17H2,1-3H3,(H,27,29)/t23-/m0/s1. The Morgan fingerprint density at radius 2 is 1.73 bits per heavy atom. The molecule has 7 heteroatoms. The van der Waals surface area contributed by atoms with Crippen LogP contribution in [-0.4, -0.2) is 31.8 Å². The number of rotatable bonds is 6. The van der Waals surface area contributed by atoms with Gasteiger partial charge >= 0.3 is 0 Å². The molecule has 1 heterocycles. The first kappa shape index (κ1) is 23.0. The molecule has 3 aromatic carbocycles. The van der Waals surface area contributed by atoms with Gasteiger partial charge in [-0.3, -0.25) is 4.79 Å². The van der Waals surface area contributed by atoms with E-state index in [4.69, 9.17) is 4.74 Å². The number of methoxy groups -OCH3 is 1. The minimum absolute atomic E-state index is 0.151. The third kappa shape index (κ3) is 4.65. The second-order valence-corrected chi connectivity index (χ2v) is 10.2. The molecule has 1 amide bonds. The first-order chi connectivity index (χ1) is 15.8. The fourth-order valence-electron chi connectivity index (χ4n) is 4.24. The number of amides is 1. The van der Waals surface area contributed by atoms with E-state index in [1.165, 1.54) is 4.31 Å². The van der Waals surface area contributed by atoms with E-state index in [2.05, 4.69) is 5.32 Å². The summed E-state index contributed by atoms with van der Waals surface area (Å²) >= 11 is 0. The number of benzene rings is 3. The number of ether oxygens (including phenoxy) is 1. The number of carbonyl (C=O) groups excluding carboxylic acids is 1. The molecule has 3 aromatic rings. The van der Waals surface area contributed by atoms with Gasteiger partial charge in [-0.2, -0.15) is 4.31 Å². The SMILES string of the molecule is COc1ccccc1CNC(=O)[C@@H]1Cc2ccccc2CN1S(=O)(=O)c1cc(C)ccc1C. The molecule has 1 N–H and O–H groups in total. The lowest BCUT2D eigenvalue weighted by molar-refractivity contribution is -0.125. The number of fused-ring (bicyclic) bond motifs is 1. The van der Waals surface area contributed by atoms with Crippen LogP contribution < -0.4 is 10.1 Å². The number of nitrogens with zero attached hydrogens (tertiary/aromatic N) is 1. The van der Waals surface area contributed by atoms with Gasteiger partial charge in [-0.1, -0.05) is 54.6 Å². The predicted molar refractivity (Wildman–Crippen MR) is 127 cm³/mol. The summed E-state index contributed by atoms with van der Waals surface area (Å²) < 4.78 is 34.3. The fourth-order valence-corrected chi connectivity index (χ4v) is 6.11. The van der Waals surface area contributed by atoms with Crippen LogP contribution in [0.1, 0.15) is 27.8 Å². The van der Waals surface area contributed by atoms with E-state index in [9.17, 15) is 13.2 Å². The fraction of sp³-hybridized carbons (Fsp3) is 0.269. The summed E-state index contributed by atoms with van der Waals surface area (Å²) in [5.41, 5.74) is 4.25. The largest absolute Gasteiger partial charge is 0.496 e. The highest BCUT2D eigenvalue weighted by Crippen LogP contribution is 2.31. The topological polar surface area (TPSA) is 75.7 Å². The molecule has 0 unspecified atom stereocenters. The maximum Gasteiger partial charge on any atom is 0.244 e. The molecule has 0 aromatic heterocycles. The van der Waals surface area contributed by atoms with Crippen LogP contribution in [-0.2, 0) is 34.3 Å². The van der Waals surface area contributed by atoms with E-state index in [0.717, 1.165) is 22.3 Å². The van der Waals surface area contributed by atoms with Crippen LogP contribution in [0.2, 0.25) is 0 Å². The Morgan fingerprint density at radius 1 is 1.03 bits per heavy atom. The van der Waals surface area contributed by atoms with Gasteiger partial charge in [0.1, 0.15) is 11.8 Å². The number of hydrogen-bond acceptors (Lipinski definition) is 4. The maximum atomic E-state index is 13.8. The van der Waals surface area contributed by atoms with Gasteiger partial charge in [0.05, 0.1) is 12.0 Å². The van der Waals surface area contributed by atoms with Crippen molar-refractivity contribution >= 4 is 15.9 Å². The second kappa shape index (κ2) is 9.37. The molecule has 0 aliphatic carbocycles. The number of carbonyl (C=O) groups is 1. The van der Waals surface area contributed by atoms with Gasteiger partial charge in [-0.05, 0) is 54.7 Å². The van der Waals surface area contributed by atoms with Crippen molar-refractivity contribution in [2.24, 2.45) is 0 Å². The van der Waals surface area contributed by atoms with Crippen LogP contribution in [0, 0.1) is 13.8 Å². The van der Waals surface area contributed by atoms with Gasteiger partial charge in [0.15, 0.2) is 0 Å². The minimum atomic E-state index is -3.90. The van der Waals surface area contributed by atoms with Crippen LogP contribution in [0.4, 0.5) is 0 Å². The molecule has 0 saturated heterocycles. The van der Waals surface area contributed by atoms with E-state index < -0.39 is 16.1 Å². The van der Waals surface area contributed by atoms with Crippen molar-refractivity contribution < 1.29 is 17.9 Å². The predicted octanol–water partition coefficient (Wildman–Crippen LogP) is 3.74. The van der Waals surface area contributed by atoms with Crippen LogP contribution >= 0.6 is 0 Å². The molecule has 0 bridgehead atoms. The number of sulfonamides is 1. The summed E-state index contributed by atoms with van der Waals surface area (Å²) in [6.07, 6.45) is 0.317. The smallest absolute Gasteiger partial charge is 0.244 e. The lowest BCUT2D eigenvalue weighted by Gasteiger charge is -2.35. The Kier molecular flexibility index (Phi) is 6.54. The molecule has 1 aliphatic rings. The molecule has 4 rings (SSSR count). The van der Waals surface area contributed by atoms with E-state index >= 15 is 0 Å². The van der Waals surface area contributed by atoms with Crippen LogP contribution in [0.5, 0.6) is 5.75 Å². The minimum Gasteiger partial charge on any atom is -0.496 e. The lowest BCUT2D eigenvalue weighted by Crippen LogP contribution is -2.52. The highest BCUT2D eigenvalue weighted by Gasteiger charge is 2.40. The molecule has 33 heavy (non-hydrogen) atoms.